The standard InChI is InChI=1S/C53H41N3SSi/c1-53(2)44-26-16-30-54-51(44)50(43-33-42-41-25-10-13-29-48(41)57-49(42)34-45(43)53)35-17-14-23-39(31-35)58(37-19-6-4-7-20-37,38-21-8-5-9-22-38)40-24-15-18-36(32-40)52-55-46-27-11-12-28-47(46)56(52)3/h4-34,50H,1-3H3. The quantitative estimate of drug-likeness (QED) is 0.124. The molecule has 0 fully saturated rings. The van der Waals surface area contributed by atoms with E-state index in [-0.39, 0.29) is 11.3 Å². The summed E-state index contributed by atoms with van der Waals surface area (Å²) in [5, 5.41) is 8.00. The molecule has 58 heavy (non-hydrogen) atoms. The predicted octanol–water partition coefficient (Wildman–Crippen LogP) is 10.2. The summed E-state index contributed by atoms with van der Waals surface area (Å²) in [5.74, 6) is 0.934. The maximum absolute atomic E-state index is 5.24. The van der Waals surface area contributed by atoms with Gasteiger partial charge in [-0.2, -0.15) is 0 Å². The van der Waals surface area contributed by atoms with Crippen LogP contribution in [0.2, 0.25) is 0 Å². The van der Waals surface area contributed by atoms with Crippen LogP contribution in [0.1, 0.15) is 47.7 Å². The van der Waals surface area contributed by atoms with Gasteiger partial charge in [0.25, 0.3) is 0 Å². The number of aryl methyl sites for hydroxylation is 1. The Morgan fingerprint density at radius 3 is 2.02 bits per heavy atom. The van der Waals surface area contributed by atoms with E-state index >= 15 is 0 Å². The Labute approximate surface area is 344 Å². The van der Waals surface area contributed by atoms with Gasteiger partial charge in [0.1, 0.15) is 5.82 Å². The third-order valence-corrected chi connectivity index (χ3v) is 18.6. The number of rotatable bonds is 6. The second-order valence-corrected chi connectivity index (χ2v) is 21.1. The van der Waals surface area contributed by atoms with Gasteiger partial charge >= 0.3 is 0 Å². The van der Waals surface area contributed by atoms with Crippen molar-refractivity contribution in [3.05, 3.63) is 216 Å². The average Bonchev–Trinajstić information content (AvgIpc) is 3.81. The van der Waals surface area contributed by atoms with E-state index in [1.54, 1.807) is 0 Å². The molecule has 0 bridgehead atoms. The maximum atomic E-state index is 5.24. The van der Waals surface area contributed by atoms with E-state index in [9.17, 15) is 0 Å². The van der Waals surface area contributed by atoms with E-state index in [2.05, 4.69) is 207 Å². The van der Waals surface area contributed by atoms with Gasteiger partial charge in [0, 0.05) is 44.4 Å². The van der Waals surface area contributed by atoms with Crippen LogP contribution in [0.4, 0.5) is 0 Å². The minimum Gasteiger partial charge on any atom is -0.327 e. The van der Waals surface area contributed by atoms with Crippen LogP contribution < -0.4 is 20.7 Å². The Balaban J connectivity index is 1.18. The molecule has 0 radical (unpaired) electrons. The number of benzene rings is 7. The molecule has 0 aliphatic heterocycles. The summed E-state index contributed by atoms with van der Waals surface area (Å²) < 4.78 is 4.89. The molecule has 0 amide bonds. The van der Waals surface area contributed by atoms with Gasteiger partial charge in [-0.25, -0.2) is 4.98 Å². The lowest BCUT2D eigenvalue weighted by Gasteiger charge is -2.39. The lowest BCUT2D eigenvalue weighted by molar-refractivity contribution is 0.589. The zero-order valence-electron chi connectivity index (χ0n) is 32.7. The highest BCUT2D eigenvalue weighted by Crippen LogP contribution is 2.51. The molecule has 10 aromatic rings. The lowest BCUT2D eigenvalue weighted by atomic mass is 9.65. The van der Waals surface area contributed by atoms with Crippen molar-refractivity contribution in [2.75, 3.05) is 0 Å². The Hall–Kier alpha value is -6.40. The maximum Gasteiger partial charge on any atom is 0.179 e. The first-order valence-corrected chi connectivity index (χ1v) is 22.9. The molecule has 1 aliphatic carbocycles. The fourth-order valence-corrected chi connectivity index (χ4v) is 16.0. The van der Waals surface area contributed by atoms with Gasteiger partial charge in [-0.3, -0.25) is 4.98 Å². The van der Waals surface area contributed by atoms with Crippen molar-refractivity contribution >= 4 is 71.4 Å². The Morgan fingerprint density at radius 2 is 1.24 bits per heavy atom. The molecule has 3 aromatic heterocycles. The molecule has 11 rings (SSSR count). The van der Waals surface area contributed by atoms with Crippen LogP contribution in [-0.4, -0.2) is 22.6 Å². The van der Waals surface area contributed by atoms with Gasteiger partial charge in [-0.05, 0) is 79.4 Å². The average molecular weight is 780 g/mol. The van der Waals surface area contributed by atoms with Crippen molar-refractivity contribution in [3.63, 3.8) is 0 Å². The molecular weight excluding hydrogens is 739 g/mol. The molecule has 0 saturated carbocycles. The first-order chi connectivity index (χ1) is 28.4. The van der Waals surface area contributed by atoms with Crippen LogP contribution in [0, 0.1) is 0 Å². The molecule has 1 atom stereocenters. The molecule has 1 aliphatic rings. The molecule has 3 nitrogen and oxygen atoms in total. The lowest BCUT2D eigenvalue weighted by Crippen LogP contribution is -2.74. The van der Waals surface area contributed by atoms with E-state index in [0.29, 0.717) is 0 Å². The first kappa shape index (κ1) is 34.8. The topological polar surface area (TPSA) is 30.7 Å². The van der Waals surface area contributed by atoms with Crippen molar-refractivity contribution in [1.29, 1.82) is 0 Å². The molecule has 1 unspecified atom stereocenters. The number of imidazole rings is 1. The Morgan fingerprint density at radius 1 is 0.569 bits per heavy atom. The molecular formula is C53H41N3SSi. The Kier molecular flexibility index (Phi) is 8.01. The molecule has 3 heterocycles. The molecule has 0 N–H and O–H groups in total. The third-order valence-electron chi connectivity index (χ3n) is 12.7. The highest BCUT2D eigenvalue weighted by Gasteiger charge is 2.44. The fraction of sp³-hybridized carbons (Fsp3) is 0.0943. The van der Waals surface area contributed by atoms with Crippen molar-refractivity contribution < 1.29 is 0 Å². The Bertz CT molecular complexity index is 3140. The second-order valence-electron chi connectivity index (χ2n) is 16.2. The number of aromatic nitrogens is 3. The SMILES string of the molecule is Cn1c(-c2cccc([Si](c3ccccc3)(c3ccccc3)c3cccc(C4c5cc6c(cc5C(C)(C)c5cccnc54)sc4ccccc46)c3)c2)nc2ccccc21. The number of hydrogen-bond acceptors (Lipinski definition) is 3. The van der Waals surface area contributed by atoms with Crippen molar-refractivity contribution in [3.8, 4) is 11.4 Å². The van der Waals surface area contributed by atoms with Gasteiger partial charge in [0.15, 0.2) is 8.07 Å². The van der Waals surface area contributed by atoms with Gasteiger partial charge in [0.2, 0.25) is 0 Å². The minimum atomic E-state index is -2.95. The largest absolute Gasteiger partial charge is 0.327 e. The number of pyridine rings is 1. The normalized spacial score (nSPS) is 14.8. The number of fused-ring (bicyclic) bond motifs is 6. The molecule has 5 heteroatoms. The van der Waals surface area contributed by atoms with E-state index in [0.717, 1.165) is 28.1 Å². The van der Waals surface area contributed by atoms with E-state index < -0.39 is 8.07 Å². The van der Waals surface area contributed by atoms with Crippen LogP contribution in [0.15, 0.2) is 188 Å². The van der Waals surface area contributed by atoms with E-state index in [1.165, 1.54) is 63.2 Å². The fourth-order valence-electron chi connectivity index (χ4n) is 10.00. The number of para-hydroxylation sites is 2. The minimum absolute atomic E-state index is 0.0354. The summed E-state index contributed by atoms with van der Waals surface area (Å²) in [7, 11) is -0.825. The van der Waals surface area contributed by atoms with Crippen LogP contribution >= 0.6 is 11.3 Å². The highest BCUT2D eigenvalue weighted by molar-refractivity contribution is 7.25. The van der Waals surface area contributed by atoms with Crippen molar-refractivity contribution in [1.82, 2.24) is 14.5 Å². The van der Waals surface area contributed by atoms with Crippen molar-refractivity contribution in [2.24, 2.45) is 7.05 Å². The second kappa shape index (κ2) is 13.3. The summed E-state index contributed by atoms with van der Waals surface area (Å²) in [5.41, 5.74) is 9.48. The number of thiophene rings is 1. The zero-order valence-corrected chi connectivity index (χ0v) is 34.5. The van der Waals surface area contributed by atoms with E-state index in [1.807, 2.05) is 17.5 Å². The van der Waals surface area contributed by atoms with Crippen LogP contribution in [0.25, 0.3) is 42.6 Å². The summed E-state index contributed by atoms with van der Waals surface area (Å²) >= 11 is 1.90. The number of hydrogen-bond donors (Lipinski definition) is 0. The van der Waals surface area contributed by atoms with E-state index in [4.69, 9.17) is 9.97 Å². The first-order valence-electron chi connectivity index (χ1n) is 20.1. The van der Waals surface area contributed by atoms with Crippen molar-refractivity contribution in [2.45, 2.75) is 25.2 Å². The predicted molar refractivity (Wildman–Crippen MR) is 246 cm³/mol. The smallest absolute Gasteiger partial charge is 0.179 e. The monoisotopic (exact) mass is 779 g/mol. The van der Waals surface area contributed by atoms with Crippen LogP contribution in [0.3, 0.4) is 0 Å². The summed E-state index contributed by atoms with van der Waals surface area (Å²) in [6, 6.07) is 67.9. The third kappa shape index (κ3) is 5.16. The van der Waals surface area contributed by atoms with Gasteiger partial charge in [-0.1, -0.05) is 159 Å². The summed E-state index contributed by atoms with van der Waals surface area (Å²) in [6.45, 7) is 4.75. The van der Waals surface area contributed by atoms with Crippen LogP contribution in [-0.2, 0) is 12.5 Å². The van der Waals surface area contributed by atoms with Gasteiger partial charge in [0.05, 0.1) is 22.6 Å². The summed E-state index contributed by atoms with van der Waals surface area (Å²) in [4.78, 5) is 10.4. The van der Waals surface area contributed by atoms with Gasteiger partial charge in [-0.15, -0.1) is 11.3 Å². The molecule has 0 saturated heterocycles. The van der Waals surface area contributed by atoms with Crippen LogP contribution in [0.5, 0.6) is 0 Å². The zero-order chi connectivity index (χ0) is 39.0. The van der Waals surface area contributed by atoms with Gasteiger partial charge < -0.3 is 4.57 Å². The highest BCUT2D eigenvalue weighted by atomic mass is 32.1. The number of nitrogens with zero attached hydrogens (tertiary/aromatic N) is 3. The molecule has 278 valence electrons. The summed E-state index contributed by atoms with van der Waals surface area (Å²) in [6.07, 6.45) is 1.98. The molecule has 7 aromatic carbocycles. The molecule has 0 spiro atoms.